The number of hydrogen-bond donors (Lipinski definition) is 4. The molecule has 0 saturated carbocycles. The second-order valence-corrected chi connectivity index (χ2v) is 4.46. The van der Waals surface area contributed by atoms with E-state index in [1.807, 2.05) is 0 Å². The monoisotopic (exact) mass is 273 g/mol. The molecule has 6 N–H and O–H groups in total. The predicted octanol–water partition coefficient (Wildman–Crippen LogP) is -1.67. The Morgan fingerprint density at radius 2 is 2.05 bits per heavy atom. The van der Waals surface area contributed by atoms with Crippen LogP contribution in [0.4, 0.5) is 0 Å². The normalized spacial score (nSPS) is 23.8. The Morgan fingerprint density at radius 1 is 1.37 bits per heavy atom. The molecule has 2 amide bonds. The summed E-state index contributed by atoms with van der Waals surface area (Å²) in [4.78, 5) is 33.4. The summed E-state index contributed by atoms with van der Waals surface area (Å²) in [5.74, 6) is -2.31. The molecule has 108 valence electrons. The second-order valence-electron chi connectivity index (χ2n) is 4.46. The van der Waals surface area contributed by atoms with Crippen LogP contribution in [0, 0.1) is 0 Å². The van der Waals surface area contributed by atoms with Crippen molar-refractivity contribution in [2.45, 2.75) is 43.9 Å². The van der Waals surface area contributed by atoms with Gasteiger partial charge in [0.05, 0.1) is 6.10 Å². The molecule has 0 spiro atoms. The molecule has 1 saturated heterocycles. The first-order valence-electron chi connectivity index (χ1n) is 6.11. The lowest BCUT2D eigenvalue weighted by molar-refractivity contribution is -0.144. The zero-order chi connectivity index (χ0) is 14.4. The summed E-state index contributed by atoms with van der Waals surface area (Å²) in [6.07, 6.45) is 0.204. The molecule has 1 rings (SSSR count). The van der Waals surface area contributed by atoms with E-state index >= 15 is 0 Å². The molecule has 0 aromatic carbocycles. The number of hydrogen-bond acceptors (Lipinski definition) is 5. The molecule has 8 heteroatoms. The number of rotatable bonds is 7. The Kier molecular flexibility index (Phi) is 5.71. The Bertz CT molecular complexity index is 360. The predicted molar refractivity (Wildman–Crippen MR) is 64.9 cm³/mol. The van der Waals surface area contributed by atoms with Crippen LogP contribution >= 0.6 is 0 Å². The molecule has 1 aliphatic heterocycles. The van der Waals surface area contributed by atoms with Crippen LogP contribution < -0.4 is 16.8 Å². The summed E-state index contributed by atoms with van der Waals surface area (Å²) in [5, 5.41) is 11.3. The molecule has 0 aromatic heterocycles. The first-order chi connectivity index (χ1) is 8.93. The van der Waals surface area contributed by atoms with Crippen molar-refractivity contribution in [3.05, 3.63) is 0 Å². The molecule has 1 heterocycles. The van der Waals surface area contributed by atoms with Gasteiger partial charge in [0.15, 0.2) is 0 Å². The van der Waals surface area contributed by atoms with E-state index in [-0.39, 0.29) is 18.9 Å². The highest BCUT2D eigenvalue weighted by Crippen LogP contribution is 2.19. The van der Waals surface area contributed by atoms with Crippen molar-refractivity contribution in [3.8, 4) is 0 Å². The molecule has 3 atom stereocenters. The summed E-state index contributed by atoms with van der Waals surface area (Å²) in [6.45, 7) is 0.327. The number of primary amides is 1. The molecule has 1 aliphatic rings. The Balaban J connectivity index is 2.47. The van der Waals surface area contributed by atoms with Gasteiger partial charge in [-0.1, -0.05) is 0 Å². The fourth-order valence-electron chi connectivity index (χ4n) is 1.88. The second kappa shape index (κ2) is 7.05. The fraction of sp³-hybridized carbons (Fsp3) is 0.727. The summed E-state index contributed by atoms with van der Waals surface area (Å²) in [5.41, 5.74) is 10.4. The van der Waals surface area contributed by atoms with Crippen LogP contribution in [0.3, 0.4) is 0 Å². The van der Waals surface area contributed by atoms with E-state index < -0.39 is 29.9 Å². The first kappa shape index (κ1) is 15.4. The Hall–Kier alpha value is -1.67. The van der Waals surface area contributed by atoms with Gasteiger partial charge in [-0.2, -0.15) is 0 Å². The van der Waals surface area contributed by atoms with Gasteiger partial charge in [-0.25, -0.2) is 4.79 Å². The number of nitrogens with two attached hydrogens (primary N) is 2. The smallest absolute Gasteiger partial charge is 0.326 e. The van der Waals surface area contributed by atoms with E-state index in [9.17, 15) is 14.4 Å². The molecular weight excluding hydrogens is 254 g/mol. The van der Waals surface area contributed by atoms with E-state index in [0.717, 1.165) is 0 Å². The van der Waals surface area contributed by atoms with Gasteiger partial charge in [-0.15, -0.1) is 0 Å². The molecule has 19 heavy (non-hydrogen) atoms. The molecule has 0 radical (unpaired) electrons. The van der Waals surface area contributed by atoms with Crippen LogP contribution in [-0.2, 0) is 19.1 Å². The fourth-order valence-corrected chi connectivity index (χ4v) is 1.88. The van der Waals surface area contributed by atoms with Crippen LogP contribution in [-0.4, -0.2) is 47.7 Å². The van der Waals surface area contributed by atoms with E-state index in [0.29, 0.717) is 19.4 Å². The number of carboxylic acid groups (broad SMARTS) is 1. The van der Waals surface area contributed by atoms with Gasteiger partial charge >= 0.3 is 5.97 Å². The number of ether oxygens (including phenoxy) is 1. The Labute approximate surface area is 110 Å². The highest BCUT2D eigenvalue weighted by Gasteiger charge is 2.32. The summed E-state index contributed by atoms with van der Waals surface area (Å²) in [7, 11) is 0. The van der Waals surface area contributed by atoms with E-state index in [2.05, 4.69) is 5.32 Å². The van der Waals surface area contributed by atoms with Crippen LogP contribution in [0.25, 0.3) is 0 Å². The van der Waals surface area contributed by atoms with Gasteiger partial charge in [0.1, 0.15) is 12.1 Å². The van der Waals surface area contributed by atoms with Crippen molar-refractivity contribution in [1.29, 1.82) is 0 Å². The van der Waals surface area contributed by atoms with Gasteiger partial charge < -0.3 is 26.6 Å². The number of nitrogens with one attached hydrogen (secondary N) is 1. The lowest BCUT2D eigenvalue weighted by Crippen LogP contribution is -2.46. The summed E-state index contributed by atoms with van der Waals surface area (Å²) in [6, 6.07) is -1.14. The summed E-state index contributed by atoms with van der Waals surface area (Å²) >= 11 is 0. The maximum atomic E-state index is 11.8. The first-order valence-corrected chi connectivity index (χ1v) is 6.11. The van der Waals surface area contributed by atoms with Crippen LogP contribution in [0.2, 0.25) is 0 Å². The SMILES string of the molecule is NCC1CCC(C(=O)NC(CCC(N)=O)C(=O)O)O1. The highest BCUT2D eigenvalue weighted by atomic mass is 16.5. The molecular formula is C11H19N3O5. The van der Waals surface area contributed by atoms with Crippen molar-refractivity contribution in [1.82, 2.24) is 5.32 Å². The average Bonchev–Trinajstić information content (AvgIpc) is 2.82. The maximum Gasteiger partial charge on any atom is 0.326 e. The van der Waals surface area contributed by atoms with E-state index in [1.54, 1.807) is 0 Å². The topological polar surface area (TPSA) is 145 Å². The lowest BCUT2D eigenvalue weighted by atomic mass is 10.1. The molecule has 0 aromatic rings. The number of carbonyl (C=O) groups excluding carboxylic acids is 2. The molecule has 0 aliphatic carbocycles. The number of carbonyl (C=O) groups is 3. The molecule has 0 bridgehead atoms. The largest absolute Gasteiger partial charge is 0.480 e. The van der Waals surface area contributed by atoms with Crippen molar-refractivity contribution >= 4 is 17.8 Å². The minimum atomic E-state index is -1.21. The third kappa shape index (κ3) is 4.84. The van der Waals surface area contributed by atoms with E-state index in [1.165, 1.54) is 0 Å². The van der Waals surface area contributed by atoms with Crippen molar-refractivity contribution in [2.75, 3.05) is 6.54 Å². The number of aliphatic carboxylic acids is 1. The van der Waals surface area contributed by atoms with E-state index in [4.69, 9.17) is 21.3 Å². The van der Waals surface area contributed by atoms with Gasteiger partial charge in [-0.05, 0) is 19.3 Å². The van der Waals surface area contributed by atoms with Gasteiger partial charge in [-0.3, -0.25) is 9.59 Å². The molecule has 3 unspecified atom stereocenters. The third-order valence-corrected chi connectivity index (χ3v) is 2.96. The van der Waals surface area contributed by atoms with Crippen LogP contribution in [0.15, 0.2) is 0 Å². The standard InChI is InChI=1S/C11H19N3O5/c12-5-6-1-3-8(19-6)10(16)14-7(11(17)18)2-4-9(13)15/h6-8H,1-5,12H2,(H2,13,15)(H,14,16)(H,17,18). The molecule has 1 fully saturated rings. The van der Waals surface area contributed by atoms with Crippen LogP contribution in [0.1, 0.15) is 25.7 Å². The van der Waals surface area contributed by atoms with Gasteiger partial charge in [0.25, 0.3) is 0 Å². The number of amides is 2. The zero-order valence-corrected chi connectivity index (χ0v) is 10.5. The van der Waals surface area contributed by atoms with Crippen molar-refractivity contribution in [3.63, 3.8) is 0 Å². The zero-order valence-electron chi connectivity index (χ0n) is 10.5. The lowest BCUT2D eigenvalue weighted by Gasteiger charge is -2.17. The third-order valence-electron chi connectivity index (χ3n) is 2.96. The Morgan fingerprint density at radius 3 is 2.53 bits per heavy atom. The maximum absolute atomic E-state index is 11.8. The molecule has 8 nitrogen and oxygen atoms in total. The van der Waals surface area contributed by atoms with Crippen molar-refractivity contribution < 1.29 is 24.2 Å². The summed E-state index contributed by atoms with van der Waals surface area (Å²) < 4.78 is 5.36. The number of carboxylic acids is 1. The van der Waals surface area contributed by atoms with Gasteiger partial charge in [0, 0.05) is 13.0 Å². The minimum Gasteiger partial charge on any atom is -0.480 e. The quantitative estimate of drug-likeness (QED) is 0.436. The minimum absolute atomic E-state index is 0.0382. The highest BCUT2D eigenvalue weighted by molar-refractivity contribution is 5.86. The average molecular weight is 273 g/mol. The van der Waals surface area contributed by atoms with Gasteiger partial charge in [0.2, 0.25) is 11.8 Å². The van der Waals surface area contributed by atoms with Crippen molar-refractivity contribution in [2.24, 2.45) is 11.5 Å². The van der Waals surface area contributed by atoms with Crippen LogP contribution in [0.5, 0.6) is 0 Å².